The van der Waals surface area contributed by atoms with Crippen LogP contribution in [0.5, 0.6) is 0 Å². The van der Waals surface area contributed by atoms with E-state index in [1.807, 2.05) is 11.0 Å². The summed E-state index contributed by atoms with van der Waals surface area (Å²) in [4.78, 5) is 27.0. The van der Waals surface area contributed by atoms with E-state index >= 15 is 0 Å². The molecule has 4 atom stereocenters. The second-order valence-electron chi connectivity index (χ2n) is 7.94. The number of anilines is 1. The highest BCUT2D eigenvalue weighted by Crippen LogP contribution is 2.36. The summed E-state index contributed by atoms with van der Waals surface area (Å²) in [7, 11) is 0. The standard InChI is InChI=1S/C20H28N4O2/c1-12-3-2-4-13-9-17(22-19(12)13)20(26)23-16-10-15-6-5-14(16)11-24(15)18(25)7-8-21/h2-4,14-17,22H,5-11,21H2,1H3,(H,23,26)/t14?,15-,16+,17?/m1/s1. The fourth-order valence-corrected chi connectivity index (χ4v) is 4.86. The van der Waals surface area contributed by atoms with Gasteiger partial charge in [0.25, 0.3) is 0 Å². The molecule has 1 aromatic rings. The summed E-state index contributed by atoms with van der Waals surface area (Å²) < 4.78 is 0. The van der Waals surface area contributed by atoms with Crippen molar-refractivity contribution in [3.05, 3.63) is 29.3 Å². The van der Waals surface area contributed by atoms with E-state index in [1.165, 1.54) is 11.1 Å². The molecule has 0 radical (unpaired) electrons. The molecule has 4 N–H and O–H groups in total. The molecule has 2 saturated heterocycles. The van der Waals surface area contributed by atoms with Gasteiger partial charge < -0.3 is 21.3 Å². The first-order valence-electron chi connectivity index (χ1n) is 9.71. The Morgan fingerprint density at radius 3 is 2.88 bits per heavy atom. The maximum Gasteiger partial charge on any atom is 0.243 e. The first-order chi connectivity index (χ1) is 12.6. The summed E-state index contributed by atoms with van der Waals surface area (Å²) in [6, 6.07) is 6.44. The predicted octanol–water partition coefficient (Wildman–Crippen LogP) is 1.18. The van der Waals surface area contributed by atoms with Crippen LogP contribution in [0.4, 0.5) is 5.69 Å². The Balaban J connectivity index is 1.37. The quantitative estimate of drug-likeness (QED) is 0.756. The van der Waals surface area contributed by atoms with Crippen molar-refractivity contribution in [1.82, 2.24) is 10.2 Å². The predicted molar refractivity (Wildman–Crippen MR) is 101 cm³/mol. The van der Waals surface area contributed by atoms with Crippen molar-refractivity contribution in [2.75, 3.05) is 18.4 Å². The largest absolute Gasteiger partial charge is 0.373 e. The fraction of sp³-hybridized carbons (Fsp3) is 0.600. The molecule has 3 aliphatic heterocycles. The molecule has 4 aliphatic rings. The van der Waals surface area contributed by atoms with Gasteiger partial charge in [-0.1, -0.05) is 18.2 Å². The molecule has 140 valence electrons. The van der Waals surface area contributed by atoms with Crippen molar-refractivity contribution in [1.29, 1.82) is 0 Å². The van der Waals surface area contributed by atoms with Crippen LogP contribution in [0.3, 0.4) is 0 Å². The zero-order valence-corrected chi connectivity index (χ0v) is 15.3. The van der Waals surface area contributed by atoms with Crippen molar-refractivity contribution in [3.63, 3.8) is 0 Å². The van der Waals surface area contributed by atoms with Gasteiger partial charge in [-0.15, -0.1) is 0 Å². The number of carbonyl (C=O) groups excluding carboxylic acids is 2. The van der Waals surface area contributed by atoms with Crippen LogP contribution in [0.25, 0.3) is 0 Å². The number of nitrogens with zero attached hydrogens (tertiary/aromatic N) is 1. The number of hydrogen-bond acceptors (Lipinski definition) is 4. The second-order valence-corrected chi connectivity index (χ2v) is 7.94. The Kier molecular flexibility index (Phi) is 4.61. The van der Waals surface area contributed by atoms with Crippen LogP contribution >= 0.6 is 0 Å². The third-order valence-corrected chi connectivity index (χ3v) is 6.26. The molecular formula is C20H28N4O2. The molecule has 26 heavy (non-hydrogen) atoms. The highest BCUT2D eigenvalue weighted by Gasteiger charge is 2.43. The van der Waals surface area contributed by atoms with Crippen LogP contribution in [0.1, 0.15) is 36.8 Å². The molecule has 3 fully saturated rings. The van der Waals surface area contributed by atoms with E-state index in [0.717, 1.165) is 37.9 Å². The summed E-state index contributed by atoms with van der Waals surface area (Å²) in [5.74, 6) is 0.601. The normalized spacial score (nSPS) is 29.2. The third kappa shape index (κ3) is 3.07. The van der Waals surface area contributed by atoms with Crippen molar-refractivity contribution >= 4 is 17.5 Å². The molecule has 0 spiro atoms. The summed E-state index contributed by atoms with van der Waals surface area (Å²) in [6.07, 6.45) is 4.15. The number of carbonyl (C=O) groups is 2. The first kappa shape index (κ1) is 17.3. The molecule has 6 heteroatoms. The van der Waals surface area contributed by atoms with Crippen molar-refractivity contribution in [2.45, 2.75) is 57.2 Å². The number of para-hydroxylation sites is 1. The average molecular weight is 356 g/mol. The number of piperidine rings is 2. The molecule has 6 nitrogen and oxygen atoms in total. The molecule has 0 aromatic heterocycles. The van der Waals surface area contributed by atoms with Crippen LogP contribution in [0.2, 0.25) is 0 Å². The van der Waals surface area contributed by atoms with Gasteiger partial charge in [0.15, 0.2) is 0 Å². The first-order valence-corrected chi connectivity index (χ1v) is 9.71. The van der Waals surface area contributed by atoms with Crippen LogP contribution in [0, 0.1) is 12.8 Å². The van der Waals surface area contributed by atoms with Crippen LogP contribution < -0.4 is 16.4 Å². The van der Waals surface area contributed by atoms with Gasteiger partial charge in [-0.05, 0) is 43.2 Å². The second kappa shape index (κ2) is 6.91. The minimum Gasteiger partial charge on any atom is -0.373 e. The molecule has 1 aromatic carbocycles. The average Bonchev–Trinajstić information content (AvgIpc) is 3.08. The maximum absolute atomic E-state index is 12.8. The Labute approximate surface area is 154 Å². The van der Waals surface area contributed by atoms with Gasteiger partial charge in [-0.3, -0.25) is 9.59 Å². The lowest BCUT2D eigenvalue weighted by Gasteiger charge is -2.49. The number of benzene rings is 1. The number of amides is 2. The van der Waals surface area contributed by atoms with Gasteiger partial charge in [0.05, 0.1) is 0 Å². The zero-order valence-electron chi connectivity index (χ0n) is 15.3. The molecule has 5 rings (SSSR count). The number of hydrogen-bond donors (Lipinski definition) is 3. The van der Waals surface area contributed by atoms with Crippen LogP contribution in [-0.4, -0.2) is 47.9 Å². The molecule has 1 aliphatic carbocycles. The van der Waals surface area contributed by atoms with E-state index < -0.39 is 0 Å². The molecular weight excluding hydrogens is 328 g/mol. The van der Waals surface area contributed by atoms with Crippen molar-refractivity contribution in [3.8, 4) is 0 Å². The summed E-state index contributed by atoms with van der Waals surface area (Å²) >= 11 is 0. The smallest absolute Gasteiger partial charge is 0.243 e. The highest BCUT2D eigenvalue weighted by atomic mass is 16.2. The fourth-order valence-electron chi connectivity index (χ4n) is 4.86. The number of nitrogens with two attached hydrogens (primary N) is 1. The topological polar surface area (TPSA) is 87.5 Å². The Bertz CT molecular complexity index is 720. The van der Waals surface area contributed by atoms with Gasteiger partial charge in [-0.25, -0.2) is 0 Å². The Morgan fingerprint density at radius 2 is 2.19 bits per heavy atom. The van der Waals surface area contributed by atoms with E-state index in [0.29, 0.717) is 18.9 Å². The summed E-state index contributed by atoms with van der Waals surface area (Å²) in [5.41, 5.74) is 9.04. The van der Waals surface area contributed by atoms with Gasteiger partial charge in [0, 0.05) is 43.7 Å². The van der Waals surface area contributed by atoms with E-state index in [4.69, 9.17) is 5.73 Å². The number of rotatable bonds is 4. The number of fused-ring (bicyclic) bond motifs is 4. The summed E-state index contributed by atoms with van der Waals surface area (Å²) in [6.45, 7) is 3.23. The van der Waals surface area contributed by atoms with Crippen LogP contribution in [0.15, 0.2) is 18.2 Å². The third-order valence-electron chi connectivity index (χ3n) is 6.26. The van der Waals surface area contributed by atoms with E-state index in [1.54, 1.807) is 0 Å². The number of aryl methyl sites for hydroxylation is 1. The monoisotopic (exact) mass is 356 g/mol. The highest BCUT2D eigenvalue weighted by molar-refractivity contribution is 5.88. The minimum atomic E-state index is -0.193. The SMILES string of the molecule is Cc1cccc2c1NC(C(=O)N[C@H]1C[C@H]3CCC1CN3C(=O)CCN)C2. The van der Waals surface area contributed by atoms with Gasteiger partial charge in [0.2, 0.25) is 11.8 Å². The lowest BCUT2D eigenvalue weighted by Crippen LogP contribution is -2.61. The van der Waals surface area contributed by atoms with E-state index in [9.17, 15) is 9.59 Å². The molecule has 2 amide bonds. The molecule has 2 bridgehead atoms. The van der Waals surface area contributed by atoms with Crippen LogP contribution in [-0.2, 0) is 16.0 Å². The number of nitrogens with one attached hydrogen (secondary N) is 2. The Hall–Kier alpha value is -2.08. The van der Waals surface area contributed by atoms with E-state index in [-0.39, 0.29) is 29.9 Å². The Morgan fingerprint density at radius 1 is 1.35 bits per heavy atom. The maximum atomic E-state index is 12.8. The van der Waals surface area contributed by atoms with Crippen molar-refractivity contribution in [2.24, 2.45) is 11.7 Å². The minimum absolute atomic E-state index is 0.0815. The lowest BCUT2D eigenvalue weighted by molar-refractivity contribution is -0.140. The molecule has 3 heterocycles. The van der Waals surface area contributed by atoms with Gasteiger partial charge in [-0.2, -0.15) is 0 Å². The molecule has 2 unspecified atom stereocenters. The summed E-state index contributed by atoms with van der Waals surface area (Å²) in [5, 5.41) is 6.66. The van der Waals surface area contributed by atoms with E-state index in [2.05, 4.69) is 29.7 Å². The van der Waals surface area contributed by atoms with Gasteiger partial charge >= 0.3 is 0 Å². The van der Waals surface area contributed by atoms with Gasteiger partial charge in [0.1, 0.15) is 6.04 Å². The lowest BCUT2D eigenvalue weighted by atomic mass is 9.76. The zero-order chi connectivity index (χ0) is 18.3. The van der Waals surface area contributed by atoms with Crippen molar-refractivity contribution < 1.29 is 9.59 Å². The molecule has 1 saturated carbocycles.